The number of carbonyl (C=O) groups is 1. The molecule has 0 N–H and O–H groups in total. The quantitative estimate of drug-likeness (QED) is 0.559. The second-order valence-electron chi connectivity index (χ2n) is 3.58. The molecule has 6 nitrogen and oxygen atoms in total. The van der Waals surface area contributed by atoms with Gasteiger partial charge in [0.15, 0.2) is 11.0 Å². The zero-order valence-corrected chi connectivity index (χ0v) is 10.8. The molecule has 19 heavy (non-hydrogen) atoms. The van der Waals surface area contributed by atoms with Crippen molar-refractivity contribution in [3.8, 4) is 11.5 Å². The van der Waals surface area contributed by atoms with Crippen molar-refractivity contribution in [3.63, 3.8) is 0 Å². The summed E-state index contributed by atoms with van der Waals surface area (Å²) >= 11 is 1.06. The van der Waals surface area contributed by atoms with Gasteiger partial charge < -0.3 is 9.90 Å². The first-order chi connectivity index (χ1) is 9.22. The minimum Gasteiger partial charge on any atom is -0.549 e. The van der Waals surface area contributed by atoms with E-state index in [9.17, 15) is 9.90 Å². The highest BCUT2D eigenvalue weighted by Gasteiger charge is 2.13. The Morgan fingerprint density at radius 2 is 2.32 bits per heavy atom. The van der Waals surface area contributed by atoms with Crippen LogP contribution in [0, 0.1) is 0 Å². The molecule has 0 aliphatic carbocycles. The molecular weight excluding hydrogens is 264 g/mol. The molecule has 0 unspecified atom stereocenters. The third kappa shape index (κ3) is 3.19. The lowest BCUT2D eigenvalue weighted by atomic mass is 10.3. The van der Waals surface area contributed by atoms with Crippen molar-refractivity contribution >= 4 is 17.7 Å². The van der Waals surface area contributed by atoms with E-state index >= 15 is 0 Å². The van der Waals surface area contributed by atoms with Crippen molar-refractivity contribution in [3.05, 3.63) is 37.1 Å². The van der Waals surface area contributed by atoms with Crippen LogP contribution in [-0.4, -0.2) is 31.5 Å². The van der Waals surface area contributed by atoms with E-state index in [1.54, 1.807) is 16.8 Å². The van der Waals surface area contributed by atoms with Gasteiger partial charge in [-0.15, -0.1) is 16.8 Å². The van der Waals surface area contributed by atoms with Gasteiger partial charge in [0.2, 0.25) is 0 Å². The minimum atomic E-state index is -1.14. The van der Waals surface area contributed by atoms with Crippen molar-refractivity contribution in [1.82, 2.24) is 19.7 Å². The normalized spacial score (nSPS) is 10.3. The number of hydrogen-bond donors (Lipinski definition) is 0. The predicted octanol–water partition coefficient (Wildman–Crippen LogP) is 0.368. The molecule has 98 valence electrons. The second kappa shape index (κ2) is 6.14. The largest absolute Gasteiger partial charge is 0.549 e. The van der Waals surface area contributed by atoms with E-state index in [-0.39, 0.29) is 5.75 Å². The molecule has 2 aromatic heterocycles. The highest BCUT2D eigenvalue weighted by molar-refractivity contribution is 7.99. The SMILES string of the molecule is C=CCn1c(SCC(=O)[O-])nnc1-c1ccccn1. The minimum absolute atomic E-state index is 0.169. The van der Waals surface area contributed by atoms with Gasteiger partial charge in [0.25, 0.3) is 0 Å². The van der Waals surface area contributed by atoms with Gasteiger partial charge in [0.05, 0.1) is 5.97 Å². The van der Waals surface area contributed by atoms with Crippen molar-refractivity contribution in [2.45, 2.75) is 11.7 Å². The molecule has 0 saturated heterocycles. The lowest BCUT2D eigenvalue weighted by Crippen LogP contribution is -2.24. The fourth-order valence-electron chi connectivity index (χ4n) is 1.50. The Labute approximate surface area is 114 Å². The van der Waals surface area contributed by atoms with E-state index in [2.05, 4.69) is 21.8 Å². The smallest absolute Gasteiger partial charge is 0.192 e. The Kier molecular flexibility index (Phi) is 4.30. The molecular formula is C12H11N4O2S-. The Balaban J connectivity index is 2.34. The van der Waals surface area contributed by atoms with E-state index < -0.39 is 5.97 Å². The molecule has 0 radical (unpaired) electrons. The number of thioether (sulfide) groups is 1. The number of allylic oxidation sites excluding steroid dienone is 1. The summed E-state index contributed by atoms with van der Waals surface area (Å²) in [5.74, 6) is -0.726. The zero-order valence-electron chi connectivity index (χ0n) is 10.0. The number of aliphatic carboxylic acids is 1. The molecule has 0 fully saturated rings. The van der Waals surface area contributed by atoms with Crippen LogP contribution in [0.3, 0.4) is 0 Å². The van der Waals surface area contributed by atoms with Gasteiger partial charge >= 0.3 is 0 Å². The van der Waals surface area contributed by atoms with Gasteiger partial charge in [-0.05, 0) is 12.1 Å². The molecule has 0 aliphatic rings. The maximum atomic E-state index is 10.5. The van der Waals surface area contributed by atoms with Crippen molar-refractivity contribution < 1.29 is 9.90 Å². The molecule has 0 aliphatic heterocycles. The van der Waals surface area contributed by atoms with Gasteiger partial charge in [0, 0.05) is 18.5 Å². The first kappa shape index (κ1) is 13.3. The summed E-state index contributed by atoms with van der Waals surface area (Å²) in [6.07, 6.45) is 3.36. The number of nitrogens with zero attached hydrogens (tertiary/aromatic N) is 4. The lowest BCUT2D eigenvalue weighted by molar-refractivity contribution is -0.301. The summed E-state index contributed by atoms with van der Waals surface area (Å²) in [6.45, 7) is 4.15. The first-order valence-electron chi connectivity index (χ1n) is 5.50. The summed E-state index contributed by atoms with van der Waals surface area (Å²) < 4.78 is 1.77. The summed E-state index contributed by atoms with van der Waals surface area (Å²) in [5.41, 5.74) is 0.678. The molecule has 2 aromatic rings. The summed E-state index contributed by atoms with van der Waals surface area (Å²) in [6, 6.07) is 5.48. The third-order valence-electron chi connectivity index (χ3n) is 2.24. The average Bonchev–Trinajstić information content (AvgIpc) is 2.81. The number of carbonyl (C=O) groups excluding carboxylic acids is 1. The number of hydrogen-bond acceptors (Lipinski definition) is 6. The summed E-state index contributed by atoms with van der Waals surface area (Å²) in [5, 5.41) is 19.0. The molecule has 0 bridgehead atoms. The van der Waals surface area contributed by atoms with Crippen LogP contribution in [0.5, 0.6) is 0 Å². The standard InChI is InChI=1S/C12H12N4O2S/c1-2-7-16-11(9-5-3-4-6-13-9)14-15-12(16)19-8-10(17)18/h2-6H,1,7-8H2,(H,17,18)/p-1. The van der Waals surface area contributed by atoms with Crippen LogP contribution in [0.4, 0.5) is 0 Å². The number of pyridine rings is 1. The van der Waals surface area contributed by atoms with Crippen molar-refractivity contribution in [2.24, 2.45) is 0 Å². The van der Waals surface area contributed by atoms with Gasteiger partial charge in [-0.1, -0.05) is 23.9 Å². The molecule has 0 saturated carbocycles. The molecule has 7 heteroatoms. The lowest BCUT2D eigenvalue weighted by Gasteiger charge is -2.07. The van der Waals surface area contributed by atoms with Gasteiger partial charge in [-0.2, -0.15) is 0 Å². The average molecular weight is 275 g/mol. The maximum absolute atomic E-state index is 10.5. The van der Waals surface area contributed by atoms with Crippen LogP contribution in [0.2, 0.25) is 0 Å². The van der Waals surface area contributed by atoms with E-state index in [4.69, 9.17) is 0 Å². The summed E-state index contributed by atoms with van der Waals surface area (Å²) in [4.78, 5) is 14.7. The second-order valence-corrected chi connectivity index (χ2v) is 4.52. The van der Waals surface area contributed by atoms with E-state index in [0.29, 0.717) is 23.2 Å². The van der Waals surface area contributed by atoms with Crippen LogP contribution >= 0.6 is 11.8 Å². The molecule has 0 atom stereocenters. The Hall–Kier alpha value is -2.15. The van der Waals surface area contributed by atoms with Crippen molar-refractivity contribution in [1.29, 1.82) is 0 Å². The molecule has 0 spiro atoms. The Morgan fingerprint density at radius 3 is 2.95 bits per heavy atom. The third-order valence-corrected chi connectivity index (χ3v) is 3.18. The molecule has 2 rings (SSSR count). The predicted molar refractivity (Wildman–Crippen MR) is 69.2 cm³/mol. The van der Waals surface area contributed by atoms with Crippen LogP contribution in [0.15, 0.2) is 42.2 Å². The van der Waals surface area contributed by atoms with Gasteiger partial charge in [-0.3, -0.25) is 9.55 Å². The van der Waals surface area contributed by atoms with E-state index in [0.717, 1.165) is 11.8 Å². The van der Waals surface area contributed by atoms with Crippen LogP contribution in [0.25, 0.3) is 11.5 Å². The molecule has 2 heterocycles. The van der Waals surface area contributed by atoms with Crippen LogP contribution in [0.1, 0.15) is 0 Å². The summed E-state index contributed by atoms with van der Waals surface area (Å²) in [7, 11) is 0. The zero-order chi connectivity index (χ0) is 13.7. The van der Waals surface area contributed by atoms with Crippen molar-refractivity contribution in [2.75, 3.05) is 5.75 Å². The van der Waals surface area contributed by atoms with E-state index in [1.165, 1.54) is 0 Å². The number of carboxylic acid groups (broad SMARTS) is 1. The van der Waals surface area contributed by atoms with Crippen LogP contribution in [-0.2, 0) is 11.3 Å². The fourth-order valence-corrected chi connectivity index (χ4v) is 2.16. The number of rotatable bonds is 6. The maximum Gasteiger partial charge on any atom is 0.192 e. The highest BCUT2D eigenvalue weighted by Crippen LogP contribution is 2.22. The fraction of sp³-hybridized carbons (Fsp3) is 0.167. The van der Waals surface area contributed by atoms with E-state index in [1.807, 2.05) is 18.2 Å². The monoisotopic (exact) mass is 275 g/mol. The van der Waals surface area contributed by atoms with Gasteiger partial charge in [0.1, 0.15) is 5.69 Å². The topological polar surface area (TPSA) is 83.7 Å². The van der Waals surface area contributed by atoms with Crippen LogP contribution < -0.4 is 5.11 Å². The van der Waals surface area contributed by atoms with Gasteiger partial charge in [-0.25, -0.2) is 0 Å². The highest BCUT2D eigenvalue weighted by atomic mass is 32.2. The Bertz CT molecular complexity index is 583. The Morgan fingerprint density at radius 1 is 1.47 bits per heavy atom. The molecule has 0 aromatic carbocycles. The first-order valence-corrected chi connectivity index (χ1v) is 6.49. The molecule has 0 amide bonds. The number of aromatic nitrogens is 4. The number of carboxylic acids is 1.